The Morgan fingerprint density at radius 3 is 2.45 bits per heavy atom. The molecule has 0 bridgehead atoms. The second kappa shape index (κ2) is 5.10. The van der Waals surface area contributed by atoms with Gasteiger partial charge in [-0.3, -0.25) is 0 Å². The van der Waals surface area contributed by atoms with Gasteiger partial charge in [-0.1, -0.05) is 18.2 Å². The molecule has 0 radical (unpaired) electrons. The van der Waals surface area contributed by atoms with Gasteiger partial charge in [0.1, 0.15) is 5.82 Å². The molecule has 2 nitrogen and oxygen atoms in total. The van der Waals surface area contributed by atoms with E-state index in [2.05, 4.69) is 41.1 Å². The molecule has 0 aliphatic carbocycles. The molecule has 2 aliphatic rings. The van der Waals surface area contributed by atoms with E-state index < -0.39 is 0 Å². The summed E-state index contributed by atoms with van der Waals surface area (Å²) in [5.41, 5.74) is 3.67. The van der Waals surface area contributed by atoms with Crippen LogP contribution in [0.4, 0.5) is 15.8 Å². The Morgan fingerprint density at radius 2 is 1.73 bits per heavy atom. The van der Waals surface area contributed by atoms with Crippen LogP contribution in [0.3, 0.4) is 0 Å². The normalized spacial score (nSPS) is 20.4. The topological polar surface area (TPSA) is 6.48 Å². The molecule has 1 fully saturated rings. The van der Waals surface area contributed by atoms with Crippen LogP contribution in [-0.2, 0) is 5.41 Å². The molecule has 2 aromatic carbocycles. The lowest BCUT2D eigenvalue weighted by Gasteiger charge is -2.38. The molecule has 0 N–H and O–H groups in total. The number of para-hydroxylation sites is 1. The molecule has 3 heteroatoms. The predicted molar refractivity (Wildman–Crippen MR) is 88.3 cm³/mol. The number of rotatable bonds is 1. The summed E-state index contributed by atoms with van der Waals surface area (Å²) in [6.07, 6.45) is 2.20. The maximum Gasteiger partial charge on any atom is 0.123 e. The van der Waals surface area contributed by atoms with Crippen molar-refractivity contribution in [2.75, 3.05) is 31.6 Å². The van der Waals surface area contributed by atoms with Crippen LogP contribution in [0, 0.1) is 5.82 Å². The smallest absolute Gasteiger partial charge is 0.123 e. The fourth-order valence-electron chi connectivity index (χ4n) is 3.95. The molecule has 2 aliphatic heterocycles. The zero-order chi connectivity index (χ0) is 15.2. The van der Waals surface area contributed by atoms with Gasteiger partial charge in [0.05, 0.1) is 0 Å². The average molecular weight is 296 g/mol. The van der Waals surface area contributed by atoms with E-state index in [1.165, 1.54) is 16.9 Å². The highest BCUT2D eigenvalue weighted by atomic mass is 19.1. The van der Waals surface area contributed by atoms with E-state index in [4.69, 9.17) is 0 Å². The molecule has 4 rings (SSSR count). The highest BCUT2D eigenvalue weighted by Crippen LogP contribution is 2.49. The summed E-state index contributed by atoms with van der Waals surface area (Å²) >= 11 is 0. The number of fused-ring (bicyclic) bond motifs is 2. The molecule has 0 unspecified atom stereocenters. The maximum atomic E-state index is 13.9. The largest absolute Gasteiger partial charge is 0.340 e. The number of anilines is 2. The van der Waals surface area contributed by atoms with Crippen LogP contribution >= 0.6 is 0 Å². The number of hydrogen-bond acceptors (Lipinski definition) is 2. The van der Waals surface area contributed by atoms with Gasteiger partial charge < -0.3 is 9.80 Å². The summed E-state index contributed by atoms with van der Waals surface area (Å²) < 4.78 is 13.9. The first kappa shape index (κ1) is 13.8. The second-order valence-electron chi connectivity index (χ2n) is 6.67. The van der Waals surface area contributed by atoms with E-state index in [-0.39, 0.29) is 11.2 Å². The minimum absolute atomic E-state index is 0.0970. The monoisotopic (exact) mass is 296 g/mol. The van der Waals surface area contributed by atoms with Crippen molar-refractivity contribution in [2.24, 2.45) is 0 Å². The van der Waals surface area contributed by atoms with Crippen LogP contribution in [0.1, 0.15) is 18.4 Å². The maximum absolute atomic E-state index is 13.9. The Hall–Kier alpha value is -1.87. The Bertz CT molecular complexity index is 675. The number of benzene rings is 2. The zero-order valence-electron chi connectivity index (χ0n) is 12.9. The minimum Gasteiger partial charge on any atom is -0.340 e. The number of piperidine rings is 1. The van der Waals surface area contributed by atoms with E-state index in [1.54, 1.807) is 12.1 Å². The molecule has 0 saturated carbocycles. The summed E-state index contributed by atoms with van der Waals surface area (Å²) in [6, 6.07) is 15.8. The fourth-order valence-corrected chi connectivity index (χ4v) is 3.95. The van der Waals surface area contributed by atoms with E-state index in [9.17, 15) is 4.39 Å². The van der Waals surface area contributed by atoms with Gasteiger partial charge in [0.15, 0.2) is 0 Å². The third-order valence-electron chi connectivity index (χ3n) is 5.29. The van der Waals surface area contributed by atoms with Crippen LogP contribution in [-0.4, -0.2) is 31.6 Å². The number of hydrogen-bond donors (Lipinski definition) is 0. The lowest BCUT2D eigenvalue weighted by atomic mass is 9.74. The van der Waals surface area contributed by atoms with Crippen molar-refractivity contribution in [1.29, 1.82) is 0 Å². The standard InChI is InChI=1S/C19H21FN2/c1-21-11-9-19(10-12-21)14-22(16-5-3-2-4-6-16)18-8-7-15(20)13-17(18)19/h2-8,13H,9-12,14H2,1H3. The van der Waals surface area contributed by atoms with E-state index in [1.807, 2.05) is 12.1 Å². The highest BCUT2D eigenvalue weighted by molar-refractivity contribution is 5.72. The van der Waals surface area contributed by atoms with E-state index in [0.717, 1.165) is 32.5 Å². The van der Waals surface area contributed by atoms with Crippen LogP contribution in [0.25, 0.3) is 0 Å². The van der Waals surface area contributed by atoms with Gasteiger partial charge in [0, 0.05) is 23.3 Å². The van der Waals surface area contributed by atoms with E-state index >= 15 is 0 Å². The summed E-state index contributed by atoms with van der Waals surface area (Å²) in [5, 5.41) is 0. The molecule has 1 spiro atoms. The van der Waals surface area contributed by atoms with Gasteiger partial charge in [0.2, 0.25) is 0 Å². The first-order valence-electron chi connectivity index (χ1n) is 7.99. The highest BCUT2D eigenvalue weighted by Gasteiger charge is 2.44. The van der Waals surface area contributed by atoms with Gasteiger partial charge >= 0.3 is 0 Å². The van der Waals surface area contributed by atoms with Gasteiger partial charge in [-0.05, 0) is 68.9 Å². The molecule has 2 heterocycles. The first-order valence-corrected chi connectivity index (χ1v) is 7.99. The van der Waals surface area contributed by atoms with Crippen LogP contribution < -0.4 is 4.90 Å². The van der Waals surface area contributed by atoms with Crippen LogP contribution in [0.5, 0.6) is 0 Å². The SMILES string of the molecule is CN1CCC2(CC1)CN(c1ccccc1)c1ccc(F)cc12. The lowest BCUT2D eigenvalue weighted by molar-refractivity contribution is 0.198. The van der Waals surface area contributed by atoms with Crippen LogP contribution in [0.2, 0.25) is 0 Å². The predicted octanol–water partition coefficient (Wildman–Crippen LogP) is 3.94. The van der Waals surface area contributed by atoms with Crippen molar-refractivity contribution in [3.63, 3.8) is 0 Å². The quantitative estimate of drug-likeness (QED) is 0.786. The first-order chi connectivity index (χ1) is 10.7. The molecule has 114 valence electrons. The van der Waals surface area contributed by atoms with Crippen molar-refractivity contribution in [2.45, 2.75) is 18.3 Å². The third-order valence-corrected chi connectivity index (χ3v) is 5.29. The number of likely N-dealkylation sites (tertiary alicyclic amines) is 1. The zero-order valence-corrected chi connectivity index (χ0v) is 12.9. The van der Waals surface area contributed by atoms with Gasteiger partial charge in [0.25, 0.3) is 0 Å². The molecule has 22 heavy (non-hydrogen) atoms. The molecule has 0 amide bonds. The van der Waals surface area contributed by atoms with Gasteiger partial charge in [-0.25, -0.2) is 4.39 Å². The molecular weight excluding hydrogens is 275 g/mol. The Labute approximate surface area is 131 Å². The molecule has 0 aromatic heterocycles. The molecule has 1 saturated heterocycles. The average Bonchev–Trinajstić information content (AvgIpc) is 2.85. The number of nitrogens with zero attached hydrogens (tertiary/aromatic N) is 2. The van der Waals surface area contributed by atoms with Crippen molar-refractivity contribution in [3.8, 4) is 0 Å². The minimum atomic E-state index is -0.119. The molecular formula is C19H21FN2. The second-order valence-corrected chi connectivity index (χ2v) is 6.67. The van der Waals surface area contributed by atoms with Crippen molar-refractivity contribution in [3.05, 3.63) is 59.9 Å². The molecule has 0 atom stereocenters. The Morgan fingerprint density at radius 1 is 1.00 bits per heavy atom. The van der Waals surface area contributed by atoms with Gasteiger partial charge in [-0.2, -0.15) is 0 Å². The van der Waals surface area contributed by atoms with Gasteiger partial charge in [-0.15, -0.1) is 0 Å². The number of halogens is 1. The summed E-state index contributed by atoms with van der Waals surface area (Å²) in [6.45, 7) is 3.13. The molecule has 2 aromatic rings. The third kappa shape index (κ3) is 2.12. The van der Waals surface area contributed by atoms with Crippen LogP contribution in [0.15, 0.2) is 48.5 Å². The lowest BCUT2D eigenvalue weighted by Crippen LogP contribution is -2.43. The fraction of sp³-hybridized carbons (Fsp3) is 0.368. The van der Waals surface area contributed by atoms with E-state index in [0.29, 0.717) is 0 Å². The van der Waals surface area contributed by atoms with Crippen molar-refractivity contribution in [1.82, 2.24) is 4.90 Å². The van der Waals surface area contributed by atoms with Crippen molar-refractivity contribution >= 4 is 11.4 Å². The summed E-state index contributed by atoms with van der Waals surface area (Å²) in [5.74, 6) is -0.119. The Kier molecular flexibility index (Phi) is 3.19. The van der Waals surface area contributed by atoms with Crippen molar-refractivity contribution < 1.29 is 4.39 Å². The summed E-state index contributed by atoms with van der Waals surface area (Å²) in [7, 11) is 2.17. The Balaban J connectivity index is 1.80. The summed E-state index contributed by atoms with van der Waals surface area (Å²) in [4.78, 5) is 4.73.